The molecule has 0 aliphatic heterocycles. The molecule has 8 heteroatoms. The Morgan fingerprint density at radius 3 is 2.52 bits per heavy atom. The highest BCUT2D eigenvalue weighted by molar-refractivity contribution is 14.0. The minimum absolute atomic E-state index is 0. The molecule has 1 aromatic carbocycles. The van der Waals surface area contributed by atoms with Gasteiger partial charge in [0.1, 0.15) is 0 Å². The Morgan fingerprint density at radius 2 is 1.86 bits per heavy atom. The minimum Gasteiger partial charge on any atom is -0.385 e. The van der Waals surface area contributed by atoms with E-state index in [1.165, 1.54) is 25.7 Å². The zero-order valence-corrected chi connectivity index (χ0v) is 20.5. The fraction of sp³-hybridized carbons (Fsp3) is 0.619. The van der Waals surface area contributed by atoms with E-state index < -0.39 is 0 Å². The van der Waals surface area contributed by atoms with E-state index in [2.05, 4.69) is 16.0 Å². The summed E-state index contributed by atoms with van der Waals surface area (Å²) < 4.78 is 5.30. The number of methoxy groups -OCH3 is 1. The van der Waals surface area contributed by atoms with Crippen LogP contribution in [0, 0.1) is 5.41 Å². The maximum Gasteiger partial charge on any atom is 0.252 e. The largest absolute Gasteiger partial charge is 0.385 e. The number of hydrogen-bond donors (Lipinski definition) is 3. The molecule has 0 saturated heterocycles. The van der Waals surface area contributed by atoms with E-state index in [-0.39, 0.29) is 35.3 Å². The van der Waals surface area contributed by atoms with Crippen LogP contribution in [0.25, 0.3) is 0 Å². The number of aliphatic imine (C=N–C) groups is 1. The molecular formula is C21H34ClIN4O2. The van der Waals surface area contributed by atoms with Crippen LogP contribution in [0.3, 0.4) is 0 Å². The monoisotopic (exact) mass is 536 g/mol. The zero-order chi connectivity index (χ0) is 20.2. The quantitative estimate of drug-likeness (QED) is 0.184. The van der Waals surface area contributed by atoms with Gasteiger partial charge in [-0.05, 0) is 43.7 Å². The molecule has 1 fully saturated rings. The molecule has 0 spiro atoms. The summed E-state index contributed by atoms with van der Waals surface area (Å²) in [4.78, 5) is 17.0. The first kappa shape index (κ1) is 26.0. The Bertz CT molecular complexity index is 651. The molecule has 29 heavy (non-hydrogen) atoms. The fourth-order valence-corrected chi connectivity index (χ4v) is 3.84. The van der Waals surface area contributed by atoms with Gasteiger partial charge in [-0.1, -0.05) is 36.6 Å². The fourth-order valence-electron chi connectivity index (χ4n) is 3.62. The van der Waals surface area contributed by atoms with Gasteiger partial charge in [0.05, 0.1) is 10.6 Å². The third-order valence-electron chi connectivity index (χ3n) is 5.24. The topological polar surface area (TPSA) is 74.8 Å². The normalized spacial score (nSPS) is 15.5. The first-order valence-corrected chi connectivity index (χ1v) is 10.5. The number of nitrogens with zero attached hydrogens (tertiary/aromatic N) is 1. The van der Waals surface area contributed by atoms with E-state index in [1.54, 1.807) is 25.3 Å². The molecule has 0 unspecified atom stereocenters. The average Bonchev–Trinajstić information content (AvgIpc) is 3.17. The first-order valence-electron chi connectivity index (χ1n) is 10.1. The van der Waals surface area contributed by atoms with Gasteiger partial charge in [-0.15, -0.1) is 24.0 Å². The number of halogens is 2. The van der Waals surface area contributed by atoms with Gasteiger partial charge < -0.3 is 20.7 Å². The van der Waals surface area contributed by atoms with Crippen molar-refractivity contribution in [3.63, 3.8) is 0 Å². The van der Waals surface area contributed by atoms with Crippen LogP contribution in [0.15, 0.2) is 29.3 Å². The number of carbonyl (C=O) groups is 1. The Labute approximate surface area is 196 Å². The molecule has 0 heterocycles. The minimum atomic E-state index is -0.168. The van der Waals surface area contributed by atoms with Crippen molar-refractivity contribution in [2.75, 3.05) is 39.9 Å². The third kappa shape index (κ3) is 8.68. The molecular weight excluding hydrogens is 503 g/mol. The van der Waals surface area contributed by atoms with Gasteiger partial charge in [0, 0.05) is 39.9 Å². The number of benzene rings is 1. The Hall–Kier alpha value is -1.06. The number of carbonyl (C=O) groups excluding carboxylic acids is 1. The van der Waals surface area contributed by atoms with Gasteiger partial charge in [-0.3, -0.25) is 9.79 Å². The van der Waals surface area contributed by atoms with Crippen LogP contribution in [-0.4, -0.2) is 51.8 Å². The van der Waals surface area contributed by atoms with E-state index in [4.69, 9.17) is 21.3 Å². The molecule has 0 atom stereocenters. The van der Waals surface area contributed by atoms with Crippen LogP contribution in [0.5, 0.6) is 0 Å². The summed E-state index contributed by atoms with van der Waals surface area (Å²) in [6.45, 7) is 5.51. The van der Waals surface area contributed by atoms with Gasteiger partial charge >= 0.3 is 0 Å². The number of hydrogen-bond acceptors (Lipinski definition) is 3. The van der Waals surface area contributed by atoms with E-state index >= 15 is 0 Å². The van der Waals surface area contributed by atoms with E-state index in [1.807, 2.05) is 13.0 Å². The highest BCUT2D eigenvalue weighted by atomic mass is 127. The van der Waals surface area contributed by atoms with Crippen molar-refractivity contribution in [2.45, 2.75) is 39.0 Å². The second-order valence-electron chi connectivity index (χ2n) is 7.31. The average molecular weight is 537 g/mol. The zero-order valence-electron chi connectivity index (χ0n) is 17.4. The lowest BCUT2D eigenvalue weighted by atomic mass is 9.83. The Balaban J connectivity index is 0.00000420. The summed E-state index contributed by atoms with van der Waals surface area (Å²) in [5, 5.41) is 9.93. The molecule has 1 aliphatic rings. The summed E-state index contributed by atoms with van der Waals surface area (Å²) in [5.74, 6) is 0.622. The number of nitrogens with one attached hydrogen (secondary N) is 3. The summed E-state index contributed by atoms with van der Waals surface area (Å²) >= 11 is 6.06. The van der Waals surface area contributed by atoms with Gasteiger partial charge in [-0.25, -0.2) is 0 Å². The molecule has 0 bridgehead atoms. The van der Waals surface area contributed by atoms with Gasteiger partial charge in [-0.2, -0.15) is 0 Å². The Morgan fingerprint density at radius 1 is 1.17 bits per heavy atom. The molecule has 2 rings (SSSR count). The number of amides is 1. The molecule has 3 N–H and O–H groups in total. The maximum absolute atomic E-state index is 12.2. The second kappa shape index (κ2) is 14.0. The van der Waals surface area contributed by atoms with Crippen LogP contribution in [-0.2, 0) is 4.74 Å². The standard InChI is InChI=1S/C21H33ClN4O2.HI/c1-3-23-20(26-16-21(12-15-28-2)10-6-7-11-21)25-14-13-24-19(27)17-8-4-5-9-18(17)22;/h4-5,8-9H,3,6-7,10-16H2,1-2H3,(H,24,27)(H2,23,25,26);1H. The molecule has 164 valence electrons. The smallest absolute Gasteiger partial charge is 0.252 e. The van der Waals surface area contributed by atoms with Crippen LogP contribution in [0.4, 0.5) is 0 Å². The lowest BCUT2D eigenvalue weighted by Crippen LogP contribution is -2.42. The molecule has 1 amide bonds. The lowest BCUT2D eigenvalue weighted by Gasteiger charge is -2.27. The molecule has 1 aromatic rings. The van der Waals surface area contributed by atoms with E-state index in [0.717, 1.165) is 32.1 Å². The highest BCUT2D eigenvalue weighted by Crippen LogP contribution is 2.41. The van der Waals surface area contributed by atoms with Crippen molar-refractivity contribution in [3.8, 4) is 0 Å². The molecule has 0 aromatic heterocycles. The van der Waals surface area contributed by atoms with Crippen LogP contribution >= 0.6 is 35.6 Å². The predicted molar refractivity (Wildman–Crippen MR) is 131 cm³/mol. The number of rotatable bonds is 10. The van der Waals surface area contributed by atoms with Crippen molar-refractivity contribution in [1.82, 2.24) is 16.0 Å². The van der Waals surface area contributed by atoms with Crippen LogP contribution < -0.4 is 16.0 Å². The Kier molecular flexibility index (Phi) is 12.6. The van der Waals surface area contributed by atoms with Crippen molar-refractivity contribution in [3.05, 3.63) is 34.9 Å². The molecule has 1 aliphatic carbocycles. The van der Waals surface area contributed by atoms with Gasteiger partial charge in [0.15, 0.2) is 5.96 Å². The van der Waals surface area contributed by atoms with Crippen molar-refractivity contribution < 1.29 is 9.53 Å². The number of guanidine groups is 1. The van der Waals surface area contributed by atoms with Crippen molar-refractivity contribution in [1.29, 1.82) is 0 Å². The van der Waals surface area contributed by atoms with Gasteiger partial charge in [0.25, 0.3) is 5.91 Å². The third-order valence-corrected chi connectivity index (χ3v) is 5.57. The van der Waals surface area contributed by atoms with E-state index in [0.29, 0.717) is 23.7 Å². The van der Waals surface area contributed by atoms with Crippen LogP contribution in [0.2, 0.25) is 5.02 Å². The molecule has 0 radical (unpaired) electrons. The first-order chi connectivity index (χ1) is 13.6. The van der Waals surface area contributed by atoms with Crippen molar-refractivity contribution >= 4 is 47.4 Å². The highest BCUT2D eigenvalue weighted by Gasteiger charge is 2.33. The summed E-state index contributed by atoms with van der Waals surface area (Å²) in [6, 6.07) is 7.05. The maximum atomic E-state index is 12.2. The predicted octanol–water partition coefficient (Wildman–Crippen LogP) is 3.84. The summed E-state index contributed by atoms with van der Waals surface area (Å²) in [5.41, 5.74) is 0.752. The molecule has 6 nitrogen and oxygen atoms in total. The number of ether oxygens (including phenoxy) is 1. The summed E-state index contributed by atoms with van der Waals surface area (Å²) in [6.07, 6.45) is 6.04. The van der Waals surface area contributed by atoms with Crippen molar-refractivity contribution in [2.24, 2.45) is 10.4 Å². The second-order valence-corrected chi connectivity index (χ2v) is 7.71. The lowest BCUT2D eigenvalue weighted by molar-refractivity contribution is 0.0954. The molecule has 1 saturated carbocycles. The summed E-state index contributed by atoms with van der Waals surface area (Å²) in [7, 11) is 1.76. The van der Waals surface area contributed by atoms with E-state index in [9.17, 15) is 4.79 Å². The van der Waals surface area contributed by atoms with Gasteiger partial charge in [0.2, 0.25) is 0 Å². The SMILES string of the molecule is CCNC(=NCC1(CCOC)CCCC1)NCCNC(=O)c1ccccc1Cl.I. The van der Waals surface area contributed by atoms with Crippen LogP contribution in [0.1, 0.15) is 49.4 Å².